The summed E-state index contributed by atoms with van der Waals surface area (Å²) in [4.78, 5) is 20.6. The maximum Gasteiger partial charge on any atom is 0.255 e. The molecule has 188 valence electrons. The number of rotatable bonds is 7. The van der Waals surface area contributed by atoms with Gasteiger partial charge in [-0.3, -0.25) is 9.78 Å². The maximum absolute atomic E-state index is 13.4. The van der Waals surface area contributed by atoms with E-state index in [0.717, 1.165) is 32.9 Å². The third-order valence-electron chi connectivity index (χ3n) is 5.87. The number of thiazole rings is 1. The Kier molecular flexibility index (Phi) is 7.23. The predicted octanol–water partition coefficient (Wildman–Crippen LogP) is 5.32. The van der Waals surface area contributed by atoms with E-state index in [-0.39, 0.29) is 11.3 Å². The lowest BCUT2D eigenvalue weighted by molar-refractivity contribution is 0.102. The van der Waals surface area contributed by atoms with Gasteiger partial charge in [0.1, 0.15) is 11.4 Å². The smallest absolute Gasteiger partial charge is 0.255 e. The number of ether oxygens (including phenoxy) is 1. The van der Waals surface area contributed by atoms with Crippen molar-refractivity contribution in [2.24, 2.45) is 0 Å². The van der Waals surface area contributed by atoms with Crippen molar-refractivity contribution in [1.82, 2.24) is 24.9 Å². The molecule has 4 rings (SSSR count). The quantitative estimate of drug-likeness (QED) is 0.367. The van der Waals surface area contributed by atoms with Crippen LogP contribution in [0, 0.1) is 6.92 Å². The summed E-state index contributed by atoms with van der Waals surface area (Å²) in [6, 6.07) is 9.72. The fourth-order valence-corrected chi connectivity index (χ4v) is 4.51. The van der Waals surface area contributed by atoms with Crippen LogP contribution < -0.4 is 10.1 Å². The Morgan fingerprint density at radius 3 is 2.61 bits per heavy atom. The van der Waals surface area contributed by atoms with E-state index in [9.17, 15) is 4.79 Å². The highest BCUT2D eigenvalue weighted by Crippen LogP contribution is 2.36. The number of hydrogen-bond donors (Lipinski definition) is 1. The highest BCUT2D eigenvalue weighted by molar-refractivity contribution is 7.13. The average Bonchev–Trinajstić information content (AvgIpc) is 3.50. The van der Waals surface area contributed by atoms with E-state index in [4.69, 9.17) is 4.74 Å². The first-order chi connectivity index (χ1) is 17.1. The molecule has 2 aromatic carbocycles. The van der Waals surface area contributed by atoms with Gasteiger partial charge in [0.2, 0.25) is 0 Å². The molecule has 2 heterocycles. The van der Waals surface area contributed by atoms with Gasteiger partial charge in [0.25, 0.3) is 5.91 Å². The number of anilines is 1. The van der Waals surface area contributed by atoms with Gasteiger partial charge in [-0.2, -0.15) is 0 Å². The van der Waals surface area contributed by atoms with Gasteiger partial charge in [-0.25, -0.2) is 4.68 Å². The molecule has 0 atom stereocenters. The molecule has 0 saturated carbocycles. The summed E-state index contributed by atoms with van der Waals surface area (Å²) < 4.78 is 7.46. The summed E-state index contributed by atoms with van der Waals surface area (Å²) in [6.45, 7) is 9.15. The summed E-state index contributed by atoms with van der Waals surface area (Å²) in [6.07, 6.45) is 3.61. The van der Waals surface area contributed by atoms with Crippen molar-refractivity contribution in [2.45, 2.75) is 39.7 Å². The Hall–Kier alpha value is -3.56. The van der Waals surface area contributed by atoms with Crippen LogP contribution in [0.5, 0.6) is 5.75 Å². The Morgan fingerprint density at radius 2 is 1.97 bits per heavy atom. The van der Waals surface area contributed by atoms with Crippen LogP contribution in [0.4, 0.5) is 5.69 Å². The van der Waals surface area contributed by atoms with Crippen molar-refractivity contribution < 1.29 is 9.53 Å². The molecule has 0 aliphatic heterocycles. The Morgan fingerprint density at radius 1 is 1.19 bits per heavy atom. The standard InChI is InChI=1S/C27H32N6O2S/c1-17-8-9-18(11-23(17)33-15-22(30-31-33)24-13-28-16-36-24)26(34)29-21-12-20(27(2,3)4)10-19(14-32(5)6)25(21)35-7/h8-13,15-16H,14H2,1-7H3,(H,29,34). The van der Waals surface area contributed by atoms with Gasteiger partial charge in [0.05, 0.1) is 35.1 Å². The molecule has 9 heteroatoms. The third-order valence-corrected chi connectivity index (χ3v) is 6.66. The zero-order chi connectivity index (χ0) is 26.0. The predicted molar refractivity (Wildman–Crippen MR) is 144 cm³/mol. The topological polar surface area (TPSA) is 85.2 Å². The SMILES string of the molecule is COc1c(CN(C)C)cc(C(C)(C)C)cc1NC(=O)c1ccc(C)c(-n2cc(-c3cncs3)nn2)c1. The molecule has 4 aromatic rings. The Labute approximate surface area is 215 Å². The van der Waals surface area contributed by atoms with Crippen molar-refractivity contribution in [3.63, 3.8) is 0 Å². The number of methoxy groups -OCH3 is 1. The first-order valence-electron chi connectivity index (χ1n) is 11.7. The van der Waals surface area contributed by atoms with Crippen LogP contribution in [0.1, 0.15) is 47.8 Å². The minimum absolute atomic E-state index is 0.0906. The van der Waals surface area contributed by atoms with Crippen LogP contribution in [0.2, 0.25) is 0 Å². The van der Waals surface area contributed by atoms with Gasteiger partial charge in [-0.1, -0.05) is 38.1 Å². The first-order valence-corrected chi connectivity index (χ1v) is 12.5. The van der Waals surface area contributed by atoms with Crippen LogP contribution in [0.3, 0.4) is 0 Å². The fourth-order valence-electron chi connectivity index (χ4n) is 3.94. The molecule has 36 heavy (non-hydrogen) atoms. The summed E-state index contributed by atoms with van der Waals surface area (Å²) in [5.74, 6) is 0.446. The minimum Gasteiger partial charge on any atom is -0.494 e. The molecule has 8 nitrogen and oxygen atoms in total. The number of aromatic nitrogens is 4. The van der Waals surface area contributed by atoms with Crippen LogP contribution in [-0.4, -0.2) is 52.0 Å². The number of nitrogens with zero attached hydrogens (tertiary/aromatic N) is 5. The second-order valence-electron chi connectivity index (χ2n) is 10.1. The average molecular weight is 505 g/mol. The molecule has 0 radical (unpaired) electrons. The van der Waals surface area contributed by atoms with Crippen molar-refractivity contribution in [2.75, 3.05) is 26.5 Å². The van der Waals surface area contributed by atoms with Gasteiger partial charge in [0.15, 0.2) is 0 Å². The molecule has 0 bridgehead atoms. The van der Waals surface area contributed by atoms with Gasteiger partial charge in [0, 0.05) is 23.9 Å². The summed E-state index contributed by atoms with van der Waals surface area (Å²) in [7, 11) is 5.66. The number of amides is 1. The van der Waals surface area contributed by atoms with E-state index in [2.05, 4.69) is 52.4 Å². The lowest BCUT2D eigenvalue weighted by Gasteiger charge is -2.25. The van der Waals surface area contributed by atoms with Crippen molar-refractivity contribution >= 4 is 22.9 Å². The molecule has 1 amide bonds. The van der Waals surface area contributed by atoms with Crippen LogP contribution in [0.25, 0.3) is 16.3 Å². The summed E-state index contributed by atoms with van der Waals surface area (Å²) in [5.41, 5.74) is 7.49. The van der Waals surface area contributed by atoms with Gasteiger partial charge >= 0.3 is 0 Å². The van der Waals surface area contributed by atoms with Crippen molar-refractivity contribution in [3.8, 4) is 22.0 Å². The fraction of sp³-hybridized carbons (Fsp3) is 0.333. The molecular weight excluding hydrogens is 472 g/mol. The Balaban J connectivity index is 1.68. The second-order valence-corrected chi connectivity index (χ2v) is 11.0. The summed E-state index contributed by atoms with van der Waals surface area (Å²) in [5, 5.41) is 11.6. The zero-order valence-corrected chi connectivity index (χ0v) is 22.6. The van der Waals surface area contributed by atoms with E-state index in [1.807, 2.05) is 51.5 Å². The molecule has 0 aliphatic carbocycles. The molecule has 1 N–H and O–H groups in total. The third kappa shape index (κ3) is 5.47. The van der Waals surface area contributed by atoms with Crippen LogP contribution >= 0.6 is 11.3 Å². The lowest BCUT2D eigenvalue weighted by atomic mass is 9.85. The Bertz CT molecular complexity index is 1370. The highest BCUT2D eigenvalue weighted by Gasteiger charge is 2.22. The van der Waals surface area contributed by atoms with E-state index < -0.39 is 0 Å². The van der Waals surface area contributed by atoms with Gasteiger partial charge in [-0.05, 0) is 55.8 Å². The van der Waals surface area contributed by atoms with Crippen LogP contribution in [0.15, 0.2) is 48.2 Å². The minimum atomic E-state index is -0.223. The van der Waals surface area contributed by atoms with E-state index in [1.165, 1.54) is 11.3 Å². The molecule has 0 fully saturated rings. The van der Waals surface area contributed by atoms with Gasteiger partial charge < -0.3 is 15.0 Å². The lowest BCUT2D eigenvalue weighted by Crippen LogP contribution is -2.19. The number of hydrogen-bond acceptors (Lipinski definition) is 7. The second kappa shape index (κ2) is 10.2. The van der Waals surface area contributed by atoms with E-state index in [0.29, 0.717) is 23.5 Å². The maximum atomic E-state index is 13.4. The highest BCUT2D eigenvalue weighted by atomic mass is 32.1. The largest absolute Gasteiger partial charge is 0.494 e. The molecule has 0 saturated heterocycles. The monoisotopic (exact) mass is 504 g/mol. The molecule has 0 spiro atoms. The summed E-state index contributed by atoms with van der Waals surface area (Å²) >= 11 is 1.50. The van der Waals surface area contributed by atoms with Gasteiger partial charge in [-0.15, -0.1) is 16.4 Å². The van der Waals surface area contributed by atoms with Crippen LogP contribution in [-0.2, 0) is 12.0 Å². The zero-order valence-electron chi connectivity index (χ0n) is 21.8. The first kappa shape index (κ1) is 25.5. The van der Waals surface area contributed by atoms with Crippen molar-refractivity contribution in [3.05, 3.63) is 70.5 Å². The van der Waals surface area contributed by atoms with E-state index in [1.54, 1.807) is 23.5 Å². The number of benzene rings is 2. The normalized spacial score (nSPS) is 11.7. The number of carbonyl (C=O) groups excluding carboxylic acids is 1. The van der Waals surface area contributed by atoms with E-state index >= 15 is 0 Å². The van der Waals surface area contributed by atoms with Crippen molar-refractivity contribution in [1.29, 1.82) is 0 Å². The number of aryl methyl sites for hydroxylation is 1. The molecule has 0 unspecified atom stereocenters. The molecule has 2 aromatic heterocycles. The molecular formula is C27H32N6O2S. The number of nitrogens with one attached hydrogen (secondary N) is 1. The number of carbonyl (C=O) groups is 1. The molecule has 0 aliphatic rings.